The molecular formula is C10H16O3. The molecule has 0 saturated heterocycles. The second-order valence-electron chi connectivity index (χ2n) is 3.66. The van der Waals surface area contributed by atoms with Gasteiger partial charge >= 0.3 is 5.97 Å². The molecule has 0 spiro atoms. The van der Waals surface area contributed by atoms with Gasteiger partial charge in [-0.15, -0.1) is 0 Å². The maximum absolute atomic E-state index is 11.4. The lowest BCUT2D eigenvalue weighted by molar-refractivity contribution is -0.148. The normalized spacial score (nSPS) is 28.4. The Morgan fingerprint density at radius 3 is 2.23 bits per heavy atom. The third kappa shape index (κ3) is 2.29. The van der Waals surface area contributed by atoms with Crippen LogP contribution >= 0.6 is 0 Å². The summed E-state index contributed by atoms with van der Waals surface area (Å²) in [6.45, 7) is 1.80. The van der Waals surface area contributed by atoms with E-state index >= 15 is 0 Å². The molecule has 0 aromatic heterocycles. The summed E-state index contributed by atoms with van der Waals surface area (Å²) in [5, 5.41) is 8.90. The first-order chi connectivity index (χ1) is 6.16. The van der Waals surface area contributed by atoms with Crippen LogP contribution in [-0.2, 0) is 9.59 Å². The average molecular weight is 184 g/mol. The molecular weight excluding hydrogens is 168 g/mol. The molecule has 1 rings (SSSR count). The van der Waals surface area contributed by atoms with E-state index in [1.807, 2.05) is 0 Å². The number of hydrogen-bond acceptors (Lipinski definition) is 2. The molecule has 0 heterocycles. The lowest BCUT2D eigenvalue weighted by Gasteiger charge is -2.26. The smallest absolute Gasteiger partial charge is 0.307 e. The minimum Gasteiger partial charge on any atom is -0.481 e. The Bertz CT molecular complexity index is 210. The Morgan fingerprint density at radius 2 is 1.77 bits per heavy atom. The van der Waals surface area contributed by atoms with Gasteiger partial charge in [-0.05, 0) is 12.8 Å². The molecule has 3 nitrogen and oxygen atoms in total. The van der Waals surface area contributed by atoms with Crippen LogP contribution in [0.2, 0.25) is 0 Å². The summed E-state index contributed by atoms with van der Waals surface area (Å²) < 4.78 is 0. The van der Waals surface area contributed by atoms with E-state index in [4.69, 9.17) is 5.11 Å². The van der Waals surface area contributed by atoms with E-state index < -0.39 is 11.9 Å². The van der Waals surface area contributed by atoms with Gasteiger partial charge in [0.05, 0.1) is 5.92 Å². The highest BCUT2D eigenvalue weighted by Crippen LogP contribution is 2.31. The molecule has 0 unspecified atom stereocenters. The second kappa shape index (κ2) is 4.40. The first-order valence-corrected chi connectivity index (χ1v) is 4.92. The van der Waals surface area contributed by atoms with Crippen molar-refractivity contribution in [2.24, 2.45) is 11.8 Å². The van der Waals surface area contributed by atoms with Crippen molar-refractivity contribution in [1.82, 2.24) is 0 Å². The summed E-state index contributed by atoms with van der Waals surface area (Å²) in [5.41, 5.74) is 0. The third-order valence-corrected chi connectivity index (χ3v) is 2.85. The minimum absolute atomic E-state index is 0.118. The van der Waals surface area contributed by atoms with Crippen LogP contribution in [0, 0.1) is 11.8 Å². The monoisotopic (exact) mass is 184 g/mol. The van der Waals surface area contributed by atoms with E-state index in [2.05, 4.69) is 0 Å². The average Bonchev–Trinajstić information content (AvgIpc) is 2.16. The van der Waals surface area contributed by atoms with Crippen LogP contribution in [0.4, 0.5) is 0 Å². The molecule has 0 aliphatic heterocycles. The summed E-state index contributed by atoms with van der Waals surface area (Å²) in [6.07, 6.45) is 3.86. The number of Topliss-reactive ketones (excluding diaryl/α,β-unsaturated/α-hetero) is 1. The van der Waals surface area contributed by atoms with Crippen molar-refractivity contribution < 1.29 is 14.7 Å². The molecule has 0 aromatic rings. The van der Waals surface area contributed by atoms with Gasteiger partial charge in [-0.1, -0.05) is 19.8 Å². The van der Waals surface area contributed by atoms with Crippen molar-refractivity contribution in [3.63, 3.8) is 0 Å². The standard InChI is InChI=1S/C10H16O3/c1-2-9(11)7-5-3-4-6-8(7)10(12)13/h7-8H,2-6H2,1H3,(H,12,13)/t7-,8+/m0/s1. The second-order valence-corrected chi connectivity index (χ2v) is 3.66. The predicted molar refractivity (Wildman–Crippen MR) is 48.4 cm³/mol. The fourth-order valence-electron chi connectivity index (χ4n) is 2.07. The van der Waals surface area contributed by atoms with Gasteiger partial charge in [0.15, 0.2) is 0 Å². The molecule has 0 aromatic carbocycles. The minimum atomic E-state index is -0.800. The van der Waals surface area contributed by atoms with Crippen LogP contribution < -0.4 is 0 Å². The van der Waals surface area contributed by atoms with Crippen molar-refractivity contribution in [2.75, 3.05) is 0 Å². The lowest BCUT2D eigenvalue weighted by atomic mass is 9.76. The van der Waals surface area contributed by atoms with Gasteiger partial charge in [-0.2, -0.15) is 0 Å². The highest BCUT2D eigenvalue weighted by Gasteiger charge is 2.34. The SMILES string of the molecule is CCC(=O)[C@H]1CCCC[C@H]1C(=O)O. The molecule has 0 bridgehead atoms. The number of hydrogen-bond donors (Lipinski definition) is 1. The number of carboxylic acids is 1. The molecule has 13 heavy (non-hydrogen) atoms. The largest absolute Gasteiger partial charge is 0.481 e. The first-order valence-electron chi connectivity index (χ1n) is 4.92. The zero-order valence-electron chi connectivity index (χ0n) is 7.95. The predicted octanol–water partition coefficient (Wildman–Crippen LogP) is 1.86. The number of rotatable bonds is 3. The number of carbonyl (C=O) groups excluding carboxylic acids is 1. The molecule has 1 fully saturated rings. The summed E-state index contributed by atoms with van der Waals surface area (Å²) in [5.74, 6) is -1.31. The van der Waals surface area contributed by atoms with Gasteiger partial charge in [0.1, 0.15) is 5.78 Å². The fraction of sp³-hybridized carbons (Fsp3) is 0.800. The molecule has 1 aliphatic carbocycles. The van der Waals surface area contributed by atoms with Crippen molar-refractivity contribution in [1.29, 1.82) is 0 Å². The van der Waals surface area contributed by atoms with Crippen LogP contribution in [0.1, 0.15) is 39.0 Å². The van der Waals surface area contributed by atoms with Gasteiger partial charge in [0.2, 0.25) is 0 Å². The number of carbonyl (C=O) groups is 2. The highest BCUT2D eigenvalue weighted by atomic mass is 16.4. The maximum Gasteiger partial charge on any atom is 0.307 e. The van der Waals surface area contributed by atoms with E-state index in [0.717, 1.165) is 19.3 Å². The quantitative estimate of drug-likeness (QED) is 0.728. The first kappa shape index (κ1) is 10.2. The molecule has 0 radical (unpaired) electrons. The maximum atomic E-state index is 11.4. The van der Waals surface area contributed by atoms with E-state index in [1.54, 1.807) is 6.92 Å². The van der Waals surface area contributed by atoms with E-state index in [0.29, 0.717) is 12.8 Å². The molecule has 2 atom stereocenters. The Balaban J connectivity index is 2.67. The molecule has 3 heteroatoms. The zero-order valence-corrected chi connectivity index (χ0v) is 7.95. The molecule has 74 valence electrons. The number of aliphatic carboxylic acids is 1. The van der Waals surface area contributed by atoms with Crippen molar-refractivity contribution >= 4 is 11.8 Å². The molecule has 1 saturated carbocycles. The summed E-state index contributed by atoms with van der Waals surface area (Å²) >= 11 is 0. The summed E-state index contributed by atoms with van der Waals surface area (Å²) in [7, 11) is 0. The van der Waals surface area contributed by atoms with Gasteiger partial charge in [-0.3, -0.25) is 9.59 Å². The van der Waals surface area contributed by atoms with Gasteiger partial charge in [0.25, 0.3) is 0 Å². The number of ketones is 1. The topological polar surface area (TPSA) is 54.4 Å². The van der Waals surface area contributed by atoms with Crippen LogP contribution in [0.15, 0.2) is 0 Å². The van der Waals surface area contributed by atoms with E-state index in [-0.39, 0.29) is 11.7 Å². The highest BCUT2D eigenvalue weighted by molar-refractivity contribution is 5.86. The Morgan fingerprint density at radius 1 is 1.23 bits per heavy atom. The third-order valence-electron chi connectivity index (χ3n) is 2.85. The van der Waals surface area contributed by atoms with Crippen LogP contribution in [-0.4, -0.2) is 16.9 Å². The molecule has 1 N–H and O–H groups in total. The Hall–Kier alpha value is -0.860. The van der Waals surface area contributed by atoms with E-state index in [1.165, 1.54) is 0 Å². The van der Waals surface area contributed by atoms with Gasteiger partial charge < -0.3 is 5.11 Å². The fourth-order valence-corrected chi connectivity index (χ4v) is 2.07. The summed E-state index contributed by atoms with van der Waals surface area (Å²) in [4.78, 5) is 22.3. The van der Waals surface area contributed by atoms with Crippen LogP contribution in [0.5, 0.6) is 0 Å². The lowest BCUT2D eigenvalue weighted by Crippen LogP contribution is -2.32. The molecule has 0 amide bonds. The van der Waals surface area contributed by atoms with Crippen molar-refractivity contribution in [3.05, 3.63) is 0 Å². The van der Waals surface area contributed by atoms with Crippen molar-refractivity contribution in [2.45, 2.75) is 39.0 Å². The zero-order chi connectivity index (χ0) is 9.84. The van der Waals surface area contributed by atoms with Gasteiger partial charge in [-0.25, -0.2) is 0 Å². The number of carboxylic acid groups (broad SMARTS) is 1. The van der Waals surface area contributed by atoms with Gasteiger partial charge in [0, 0.05) is 12.3 Å². The van der Waals surface area contributed by atoms with Crippen LogP contribution in [0.3, 0.4) is 0 Å². The Labute approximate surface area is 78.1 Å². The molecule has 1 aliphatic rings. The Kier molecular flexibility index (Phi) is 3.46. The summed E-state index contributed by atoms with van der Waals surface area (Å²) in [6, 6.07) is 0. The van der Waals surface area contributed by atoms with Crippen LogP contribution in [0.25, 0.3) is 0 Å². The van der Waals surface area contributed by atoms with E-state index in [9.17, 15) is 9.59 Å². The van der Waals surface area contributed by atoms with Crippen molar-refractivity contribution in [3.8, 4) is 0 Å².